The number of nitrogens with one attached hydrogen (secondary N) is 1. The summed E-state index contributed by atoms with van der Waals surface area (Å²) in [5, 5.41) is 27.8. The summed E-state index contributed by atoms with van der Waals surface area (Å²) in [7, 11) is 0. The average molecular weight is 568 g/mol. The minimum Gasteiger partial charge on any atom is -0.303 e. The van der Waals surface area contributed by atoms with Gasteiger partial charge in [0.1, 0.15) is 18.1 Å². The van der Waals surface area contributed by atoms with E-state index in [1.165, 1.54) is 15.4 Å². The monoisotopic (exact) mass is 566 g/mol. The summed E-state index contributed by atoms with van der Waals surface area (Å²) in [6.07, 6.45) is 3.31. The molecule has 0 saturated heterocycles. The van der Waals surface area contributed by atoms with Crippen LogP contribution in [0.2, 0.25) is 10.0 Å². The Morgan fingerprint density at radius 1 is 1.18 bits per heavy atom. The first-order valence-electron chi connectivity index (χ1n) is 9.82. The van der Waals surface area contributed by atoms with Gasteiger partial charge >= 0.3 is 5.69 Å². The normalized spacial score (nSPS) is 11.1. The molecule has 14 heteroatoms. The Hall–Kier alpha value is -3.22. The SMILES string of the molecule is Cc1nn(Cn2ccc(C(=O)Nc3nn(Cc4ccc(Cl)cc4Cl)cc3Br)n2)c(C)c1[N+](=O)[O-]. The molecule has 34 heavy (non-hydrogen) atoms. The Labute approximate surface area is 211 Å². The van der Waals surface area contributed by atoms with Crippen LogP contribution in [0.15, 0.2) is 41.1 Å². The van der Waals surface area contributed by atoms with Gasteiger partial charge in [-0.05, 0) is 53.5 Å². The largest absolute Gasteiger partial charge is 0.312 e. The smallest absolute Gasteiger partial charge is 0.303 e. The summed E-state index contributed by atoms with van der Waals surface area (Å²) < 4.78 is 5.14. The van der Waals surface area contributed by atoms with Crippen molar-refractivity contribution in [1.29, 1.82) is 0 Å². The number of nitrogens with zero attached hydrogens (tertiary/aromatic N) is 7. The first-order chi connectivity index (χ1) is 16.1. The Bertz CT molecular complexity index is 1410. The summed E-state index contributed by atoms with van der Waals surface area (Å²) >= 11 is 15.6. The second-order valence-electron chi connectivity index (χ2n) is 7.37. The van der Waals surface area contributed by atoms with E-state index in [0.717, 1.165) is 5.56 Å². The molecule has 3 aromatic heterocycles. The fourth-order valence-electron chi connectivity index (χ4n) is 3.35. The van der Waals surface area contributed by atoms with Crippen LogP contribution in [0.25, 0.3) is 0 Å². The van der Waals surface area contributed by atoms with Crippen LogP contribution in [0.1, 0.15) is 27.4 Å². The zero-order chi connectivity index (χ0) is 24.6. The van der Waals surface area contributed by atoms with Gasteiger partial charge in [0.05, 0.1) is 15.9 Å². The van der Waals surface area contributed by atoms with Gasteiger partial charge in [-0.25, -0.2) is 4.68 Å². The molecule has 0 saturated carbocycles. The molecular weight excluding hydrogens is 551 g/mol. The number of anilines is 1. The molecule has 1 N–H and O–H groups in total. The highest BCUT2D eigenvalue weighted by Gasteiger charge is 2.22. The molecule has 0 atom stereocenters. The zero-order valence-corrected chi connectivity index (χ0v) is 21.0. The fraction of sp³-hybridized carbons (Fsp3) is 0.200. The molecule has 0 unspecified atom stereocenters. The molecule has 1 amide bonds. The van der Waals surface area contributed by atoms with Crippen LogP contribution in [0.3, 0.4) is 0 Å². The maximum absolute atomic E-state index is 12.7. The van der Waals surface area contributed by atoms with E-state index in [1.54, 1.807) is 43.1 Å². The van der Waals surface area contributed by atoms with Gasteiger partial charge in [-0.1, -0.05) is 29.3 Å². The van der Waals surface area contributed by atoms with Gasteiger partial charge in [0.25, 0.3) is 5.91 Å². The van der Waals surface area contributed by atoms with E-state index in [1.807, 2.05) is 6.07 Å². The predicted molar refractivity (Wildman–Crippen MR) is 129 cm³/mol. The minimum absolute atomic E-state index is 0.0366. The molecule has 0 spiro atoms. The number of hydrogen-bond donors (Lipinski definition) is 1. The second-order valence-corrected chi connectivity index (χ2v) is 9.07. The number of rotatable bonds is 7. The van der Waals surface area contributed by atoms with Crippen LogP contribution in [0.5, 0.6) is 0 Å². The molecular formula is C20H17BrCl2N8O3. The van der Waals surface area contributed by atoms with Crippen molar-refractivity contribution >= 4 is 56.5 Å². The van der Waals surface area contributed by atoms with Crippen molar-refractivity contribution in [2.24, 2.45) is 0 Å². The maximum atomic E-state index is 12.7. The molecule has 11 nitrogen and oxygen atoms in total. The lowest BCUT2D eigenvalue weighted by molar-refractivity contribution is -0.386. The number of aromatic nitrogens is 6. The number of amides is 1. The van der Waals surface area contributed by atoms with Crippen LogP contribution in [0.4, 0.5) is 11.5 Å². The Morgan fingerprint density at radius 2 is 1.94 bits per heavy atom. The summed E-state index contributed by atoms with van der Waals surface area (Å²) in [5.74, 6) is -0.146. The van der Waals surface area contributed by atoms with E-state index in [0.29, 0.717) is 38.3 Å². The Morgan fingerprint density at radius 3 is 2.62 bits per heavy atom. The van der Waals surface area contributed by atoms with Gasteiger partial charge in [-0.3, -0.25) is 24.3 Å². The van der Waals surface area contributed by atoms with Crippen molar-refractivity contribution in [2.45, 2.75) is 27.1 Å². The van der Waals surface area contributed by atoms with Crippen molar-refractivity contribution < 1.29 is 9.72 Å². The number of aryl methyl sites for hydroxylation is 1. The van der Waals surface area contributed by atoms with Crippen molar-refractivity contribution in [1.82, 2.24) is 29.3 Å². The summed E-state index contributed by atoms with van der Waals surface area (Å²) in [4.78, 5) is 23.4. The average Bonchev–Trinajstić information content (AvgIpc) is 3.43. The van der Waals surface area contributed by atoms with E-state index in [2.05, 4.69) is 36.5 Å². The molecule has 176 valence electrons. The van der Waals surface area contributed by atoms with Gasteiger partial charge in [0.15, 0.2) is 11.5 Å². The Balaban J connectivity index is 1.45. The lowest BCUT2D eigenvalue weighted by Gasteiger charge is -2.05. The standard InChI is InChI=1S/C20H17BrCl2N8O3/c1-11-18(31(33)34)12(2)30(25-11)10-28-6-5-17(26-28)20(32)24-19-15(21)9-29(27-19)8-13-3-4-14(22)7-16(13)23/h3-7,9H,8,10H2,1-2H3,(H,24,27,32). The van der Waals surface area contributed by atoms with E-state index >= 15 is 0 Å². The van der Waals surface area contributed by atoms with Gasteiger partial charge in [0, 0.05) is 22.4 Å². The third-order valence-electron chi connectivity index (χ3n) is 4.97. The molecule has 0 fully saturated rings. The number of hydrogen-bond acceptors (Lipinski definition) is 6. The second kappa shape index (κ2) is 9.57. The minimum atomic E-state index is -0.464. The molecule has 4 aromatic rings. The number of halogens is 3. The van der Waals surface area contributed by atoms with Gasteiger partial charge < -0.3 is 5.32 Å². The topological polar surface area (TPSA) is 126 Å². The lowest BCUT2D eigenvalue weighted by Crippen LogP contribution is -2.16. The fourth-order valence-corrected chi connectivity index (χ4v) is 4.23. The summed E-state index contributed by atoms with van der Waals surface area (Å²) in [5.41, 5.74) is 1.65. The molecule has 0 radical (unpaired) electrons. The predicted octanol–water partition coefficient (Wildman–Crippen LogP) is 4.68. The number of carbonyl (C=O) groups is 1. The summed E-state index contributed by atoms with van der Waals surface area (Å²) in [6, 6.07) is 6.74. The van der Waals surface area contributed by atoms with Crippen molar-refractivity contribution in [3.63, 3.8) is 0 Å². The van der Waals surface area contributed by atoms with Crippen LogP contribution in [0, 0.1) is 24.0 Å². The molecule has 0 aliphatic rings. The van der Waals surface area contributed by atoms with Gasteiger partial charge in [-0.15, -0.1) is 0 Å². The number of carbonyl (C=O) groups excluding carboxylic acids is 1. The number of nitro groups is 1. The maximum Gasteiger partial charge on any atom is 0.312 e. The third-order valence-corrected chi connectivity index (χ3v) is 6.14. The van der Waals surface area contributed by atoms with E-state index in [9.17, 15) is 14.9 Å². The van der Waals surface area contributed by atoms with Crippen LogP contribution < -0.4 is 5.32 Å². The molecule has 0 aliphatic carbocycles. The van der Waals surface area contributed by atoms with Crippen molar-refractivity contribution in [3.8, 4) is 0 Å². The number of benzene rings is 1. The van der Waals surface area contributed by atoms with Gasteiger partial charge in [0.2, 0.25) is 0 Å². The van der Waals surface area contributed by atoms with Crippen LogP contribution in [-0.4, -0.2) is 40.2 Å². The molecule has 3 heterocycles. The molecule has 1 aromatic carbocycles. The van der Waals surface area contributed by atoms with Crippen molar-refractivity contribution in [2.75, 3.05) is 5.32 Å². The highest BCUT2D eigenvalue weighted by atomic mass is 79.9. The first kappa shape index (κ1) is 23.9. The zero-order valence-electron chi connectivity index (χ0n) is 17.9. The summed E-state index contributed by atoms with van der Waals surface area (Å²) in [6.45, 7) is 3.68. The first-order valence-corrected chi connectivity index (χ1v) is 11.4. The Kier molecular flexibility index (Phi) is 6.73. The molecule has 0 bridgehead atoms. The molecule has 4 rings (SSSR count). The van der Waals surface area contributed by atoms with E-state index in [4.69, 9.17) is 23.2 Å². The quantitative estimate of drug-likeness (QED) is 0.255. The van der Waals surface area contributed by atoms with Crippen LogP contribution in [-0.2, 0) is 13.2 Å². The van der Waals surface area contributed by atoms with Crippen LogP contribution >= 0.6 is 39.1 Å². The third kappa shape index (κ3) is 4.98. The molecule has 0 aliphatic heterocycles. The van der Waals surface area contributed by atoms with E-state index < -0.39 is 10.8 Å². The highest BCUT2D eigenvalue weighted by molar-refractivity contribution is 9.10. The lowest BCUT2D eigenvalue weighted by atomic mass is 10.2. The van der Waals surface area contributed by atoms with Crippen molar-refractivity contribution in [3.05, 3.63) is 83.9 Å². The van der Waals surface area contributed by atoms with Gasteiger partial charge in [-0.2, -0.15) is 15.3 Å². The van der Waals surface area contributed by atoms with E-state index in [-0.39, 0.29) is 18.1 Å². The highest BCUT2D eigenvalue weighted by Crippen LogP contribution is 2.25.